The van der Waals surface area contributed by atoms with E-state index in [1.54, 1.807) is 29.7 Å². The molecule has 1 aromatic heterocycles. The molecule has 0 saturated carbocycles. The summed E-state index contributed by atoms with van der Waals surface area (Å²) in [5.74, 6) is -1.94. The average Bonchev–Trinajstić information content (AvgIpc) is 3.34. The van der Waals surface area contributed by atoms with E-state index in [4.69, 9.17) is 0 Å². The van der Waals surface area contributed by atoms with Gasteiger partial charge >= 0.3 is 5.97 Å². The number of hydrogen-bond acceptors (Lipinski definition) is 7. The summed E-state index contributed by atoms with van der Waals surface area (Å²) in [5, 5.41) is 27.5. The Hall–Kier alpha value is -1.62. The summed E-state index contributed by atoms with van der Waals surface area (Å²) >= 11 is 1.58. The first kappa shape index (κ1) is 22.1. The average molecular weight is 444 g/mol. The lowest BCUT2D eigenvalue weighted by Crippen LogP contribution is -2.63. The molecule has 3 N–H and O–H groups in total. The number of rotatable bonds is 7. The van der Waals surface area contributed by atoms with Gasteiger partial charge in [-0.05, 0) is 19.8 Å². The molecule has 0 spiro atoms. The summed E-state index contributed by atoms with van der Waals surface area (Å²) in [6.07, 6.45) is 4.31. The predicted molar refractivity (Wildman–Crippen MR) is 109 cm³/mol. The van der Waals surface area contributed by atoms with Crippen molar-refractivity contribution in [2.45, 2.75) is 56.7 Å². The van der Waals surface area contributed by atoms with Crippen molar-refractivity contribution in [3.05, 3.63) is 23.3 Å². The van der Waals surface area contributed by atoms with Crippen LogP contribution in [-0.4, -0.2) is 71.7 Å². The Kier molecular flexibility index (Phi) is 6.57. The number of carbonyl (C=O) groups is 2. The maximum absolute atomic E-state index is 12.4. The molecule has 9 nitrogen and oxygen atoms in total. The van der Waals surface area contributed by atoms with Gasteiger partial charge in [-0.2, -0.15) is 5.10 Å². The van der Waals surface area contributed by atoms with Crippen molar-refractivity contribution in [3.8, 4) is 0 Å². The van der Waals surface area contributed by atoms with Gasteiger partial charge < -0.3 is 20.4 Å². The number of β-lactam (4-membered cyclic amide) rings is 1. The summed E-state index contributed by atoms with van der Waals surface area (Å²) in [5.41, 5.74) is 0.107. The van der Waals surface area contributed by atoms with E-state index in [9.17, 15) is 19.8 Å². The number of carboxylic acids is 1. The highest BCUT2D eigenvalue weighted by atomic mass is 35.5. The number of aliphatic hydroxyl groups is 1. The zero-order chi connectivity index (χ0) is 20.0. The molecule has 0 aromatic carbocycles. The minimum Gasteiger partial charge on any atom is -0.477 e. The quantitative estimate of drug-likeness (QED) is 0.527. The number of thioether (sulfide) groups is 1. The van der Waals surface area contributed by atoms with Crippen molar-refractivity contribution in [2.24, 2.45) is 11.8 Å². The van der Waals surface area contributed by atoms with E-state index in [-0.39, 0.29) is 41.2 Å². The number of nitrogens with zero attached hydrogens (tertiary/aromatic N) is 4. The zero-order valence-corrected chi connectivity index (χ0v) is 17.9. The van der Waals surface area contributed by atoms with Crippen molar-refractivity contribution in [1.29, 1.82) is 0 Å². The standard InChI is InChI=1S/C18H25N5O4S.ClH/c1-9-14-13(10(2)24)17(25)23(14)15(18(26)27)16(9)28-12-5-11(20-6-12)3-4-22-8-19-7-21-22;/h7-14,20,24H,3-6H2,1-2H3,(H,26,27);1H/t9-,10-,11+,12+,13-,14-;/m1./s1. The zero-order valence-electron chi connectivity index (χ0n) is 16.3. The Labute approximate surface area is 179 Å². The fourth-order valence-corrected chi connectivity index (χ4v) is 6.10. The van der Waals surface area contributed by atoms with Gasteiger partial charge in [-0.1, -0.05) is 6.92 Å². The number of hydrogen-bond donors (Lipinski definition) is 3. The Morgan fingerprint density at radius 3 is 2.86 bits per heavy atom. The lowest BCUT2D eigenvalue weighted by Gasteiger charge is -2.46. The lowest BCUT2D eigenvalue weighted by atomic mass is 9.79. The third-order valence-electron chi connectivity index (χ3n) is 5.96. The van der Waals surface area contributed by atoms with E-state index in [0.717, 1.165) is 30.8 Å². The van der Waals surface area contributed by atoms with Crippen molar-refractivity contribution in [3.63, 3.8) is 0 Å². The molecule has 11 heteroatoms. The second kappa shape index (κ2) is 8.63. The van der Waals surface area contributed by atoms with E-state index >= 15 is 0 Å². The predicted octanol–water partition coefficient (Wildman–Crippen LogP) is 0.707. The fraction of sp³-hybridized carbons (Fsp3) is 0.667. The number of amides is 1. The van der Waals surface area contributed by atoms with Crippen molar-refractivity contribution < 1.29 is 19.8 Å². The first-order valence-corrected chi connectivity index (χ1v) is 10.5. The topological polar surface area (TPSA) is 121 Å². The van der Waals surface area contributed by atoms with Gasteiger partial charge in [-0.25, -0.2) is 9.78 Å². The molecule has 2 saturated heterocycles. The molecule has 3 aliphatic rings. The highest BCUT2D eigenvalue weighted by molar-refractivity contribution is 8.03. The van der Waals surface area contributed by atoms with Gasteiger partial charge in [0.25, 0.3) is 0 Å². The number of carboxylic acid groups (broad SMARTS) is 1. The Morgan fingerprint density at radius 2 is 2.24 bits per heavy atom. The van der Waals surface area contributed by atoms with Crippen LogP contribution in [0.3, 0.4) is 0 Å². The van der Waals surface area contributed by atoms with E-state index in [1.807, 2.05) is 6.92 Å². The maximum Gasteiger partial charge on any atom is 0.353 e. The summed E-state index contributed by atoms with van der Waals surface area (Å²) < 4.78 is 1.80. The van der Waals surface area contributed by atoms with Gasteiger partial charge in [-0.3, -0.25) is 9.48 Å². The molecule has 4 heterocycles. The molecule has 6 atom stereocenters. The van der Waals surface area contributed by atoms with Crippen LogP contribution in [0.25, 0.3) is 0 Å². The van der Waals surface area contributed by atoms with Gasteiger partial charge in [0, 0.05) is 35.2 Å². The van der Waals surface area contributed by atoms with Crippen LogP contribution in [0.15, 0.2) is 23.3 Å². The molecule has 2 fully saturated rings. The van der Waals surface area contributed by atoms with Crippen LogP contribution >= 0.6 is 24.2 Å². The fourth-order valence-electron chi connectivity index (χ4n) is 4.59. The van der Waals surface area contributed by atoms with Crippen molar-refractivity contribution in [2.75, 3.05) is 6.54 Å². The van der Waals surface area contributed by atoms with Gasteiger partial charge in [-0.15, -0.1) is 24.2 Å². The van der Waals surface area contributed by atoms with E-state index in [0.29, 0.717) is 6.04 Å². The normalized spacial score (nSPS) is 32.0. The third-order valence-corrected chi connectivity index (χ3v) is 7.47. The molecule has 3 aliphatic heterocycles. The number of aryl methyl sites for hydroxylation is 1. The number of nitrogens with one attached hydrogen (secondary N) is 1. The molecule has 0 bridgehead atoms. The van der Waals surface area contributed by atoms with Crippen molar-refractivity contribution in [1.82, 2.24) is 25.0 Å². The first-order valence-electron chi connectivity index (χ1n) is 9.59. The molecule has 4 rings (SSSR count). The molecule has 1 aromatic rings. The molecule has 0 unspecified atom stereocenters. The smallest absolute Gasteiger partial charge is 0.353 e. The Balaban J connectivity index is 0.00000240. The third kappa shape index (κ3) is 3.90. The molecular weight excluding hydrogens is 418 g/mol. The first-order chi connectivity index (χ1) is 13.4. The van der Waals surface area contributed by atoms with Crippen molar-refractivity contribution >= 4 is 36.0 Å². The summed E-state index contributed by atoms with van der Waals surface area (Å²) in [4.78, 5) is 30.4. The summed E-state index contributed by atoms with van der Waals surface area (Å²) in [6, 6.07) is 0.0923. The van der Waals surface area contributed by atoms with Gasteiger partial charge in [0.1, 0.15) is 18.4 Å². The van der Waals surface area contributed by atoms with Crippen LogP contribution in [0.1, 0.15) is 26.7 Å². The second-order valence-electron chi connectivity index (χ2n) is 7.80. The van der Waals surface area contributed by atoms with Crippen LogP contribution in [0.2, 0.25) is 0 Å². The van der Waals surface area contributed by atoms with Crippen LogP contribution in [0.5, 0.6) is 0 Å². The Bertz CT molecular complexity index is 802. The van der Waals surface area contributed by atoms with Gasteiger partial charge in [0.05, 0.1) is 18.1 Å². The SMILES string of the molecule is C[C@@H](O)[C@H]1C(=O)N2C(C(=O)O)=C(S[C@@H]3CN[C@@H](CCn4cncn4)C3)[C@H](C)[C@H]12.Cl. The number of carbonyl (C=O) groups excluding carboxylic acids is 1. The largest absolute Gasteiger partial charge is 0.477 e. The van der Waals surface area contributed by atoms with Crippen LogP contribution in [0, 0.1) is 11.8 Å². The molecule has 160 valence electrons. The number of halogens is 1. The molecule has 0 aliphatic carbocycles. The molecular formula is C18H26ClN5O4S. The number of aliphatic carboxylic acids is 1. The van der Waals surface area contributed by atoms with Gasteiger partial charge in [0.2, 0.25) is 5.91 Å². The summed E-state index contributed by atoms with van der Waals surface area (Å²) in [7, 11) is 0. The maximum atomic E-state index is 12.4. The van der Waals surface area contributed by atoms with Crippen LogP contribution in [0.4, 0.5) is 0 Å². The highest BCUT2D eigenvalue weighted by Crippen LogP contribution is 2.51. The molecule has 0 radical (unpaired) electrons. The summed E-state index contributed by atoms with van der Waals surface area (Å²) in [6.45, 7) is 5.14. The second-order valence-corrected chi connectivity index (χ2v) is 9.14. The molecule has 29 heavy (non-hydrogen) atoms. The number of fused-ring (bicyclic) bond motifs is 1. The highest BCUT2D eigenvalue weighted by Gasteiger charge is 2.60. The lowest BCUT2D eigenvalue weighted by molar-refractivity contribution is -0.163. The molecule has 1 amide bonds. The monoisotopic (exact) mass is 443 g/mol. The minimum absolute atomic E-state index is 0. The van der Waals surface area contributed by atoms with E-state index < -0.39 is 18.0 Å². The number of aromatic nitrogens is 3. The minimum atomic E-state index is -1.07. The Morgan fingerprint density at radius 1 is 1.48 bits per heavy atom. The van der Waals surface area contributed by atoms with Gasteiger partial charge in [0.15, 0.2) is 0 Å². The van der Waals surface area contributed by atoms with E-state index in [1.165, 1.54) is 11.2 Å². The van der Waals surface area contributed by atoms with Crippen LogP contribution < -0.4 is 5.32 Å². The van der Waals surface area contributed by atoms with E-state index in [2.05, 4.69) is 15.4 Å². The number of aliphatic hydroxyl groups excluding tert-OH is 1. The van der Waals surface area contributed by atoms with Crippen LogP contribution in [-0.2, 0) is 16.1 Å².